The molecule has 0 radical (unpaired) electrons. The normalized spacial score (nSPS) is 12.3. The van der Waals surface area contributed by atoms with Crippen molar-refractivity contribution in [2.24, 2.45) is 0 Å². The van der Waals surface area contributed by atoms with Gasteiger partial charge in [-0.2, -0.15) is 0 Å². The van der Waals surface area contributed by atoms with Crippen LogP contribution >= 0.6 is 0 Å². The molecule has 0 saturated heterocycles. The van der Waals surface area contributed by atoms with Crippen LogP contribution in [-0.2, 0) is 0 Å². The molecule has 0 fully saturated rings. The fourth-order valence-electron chi connectivity index (χ4n) is 1.74. The number of nitrogens with zero attached hydrogens (tertiary/aromatic N) is 3. The maximum absolute atomic E-state index is 13.8. The second kappa shape index (κ2) is 6.16. The van der Waals surface area contributed by atoms with Gasteiger partial charge < -0.3 is 5.32 Å². The van der Waals surface area contributed by atoms with Crippen LogP contribution in [0.5, 0.6) is 0 Å². The third-order valence-electron chi connectivity index (χ3n) is 2.59. The molecule has 18 heavy (non-hydrogen) atoms. The average Bonchev–Trinajstić information content (AvgIpc) is 2.42. The van der Waals surface area contributed by atoms with Gasteiger partial charge in [-0.25, -0.2) is 4.39 Å². The van der Waals surface area contributed by atoms with Gasteiger partial charge in [-0.05, 0) is 19.0 Å². The number of rotatable bonds is 5. The molecule has 0 aliphatic carbocycles. The lowest BCUT2D eigenvalue weighted by molar-refractivity contribution is 0.535. The van der Waals surface area contributed by atoms with Crippen LogP contribution in [0.15, 0.2) is 37.1 Å². The SMILES string of the molecule is CCCNC(c1cnccn1)c1ccncc1F. The summed E-state index contributed by atoms with van der Waals surface area (Å²) in [5.74, 6) is -0.336. The molecule has 2 aromatic heterocycles. The van der Waals surface area contributed by atoms with Gasteiger partial charge in [0.15, 0.2) is 0 Å². The molecule has 0 aliphatic heterocycles. The van der Waals surface area contributed by atoms with Gasteiger partial charge in [-0.15, -0.1) is 0 Å². The Hall–Kier alpha value is -1.88. The van der Waals surface area contributed by atoms with E-state index in [4.69, 9.17) is 0 Å². The van der Waals surface area contributed by atoms with E-state index < -0.39 is 0 Å². The first kappa shape index (κ1) is 12.6. The summed E-state index contributed by atoms with van der Waals surface area (Å²) in [6, 6.07) is 1.37. The van der Waals surface area contributed by atoms with E-state index in [1.807, 2.05) is 0 Å². The van der Waals surface area contributed by atoms with E-state index in [1.54, 1.807) is 30.9 Å². The van der Waals surface area contributed by atoms with E-state index in [9.17, 15) is 4.39 Å². The zero-order chi connectivity index (χ0) is 12.8. The van der Waals surface area contributed by atoms with Crippen molar-refractivity contribution in [3.63, 3.8) is 0 Å². The van der Waals surface area contributed by atoms with Gasteiger partial charge in [0.2, 0.25) is 0 Å². The second-order valence-electron chi connectivity index (χ2n) is 3.91. The Morgan fingerprint density at radius 3 is 2.72 bits per heavy atom. The van der Waals surface area contributed by atoms with Crippen molar-refractivity contribution in [3.8, 4) is 0 Å². The summed E-state index contributed by atoms with van der Waals surface area (Å²) in [6.07, 6.45) is 8.61. The van der Waals surface area contributed by atoms with Gasteiger partial charge in [0.05, 0.1) is 24.1 Å². The highest BCUT2D eigenvalue weighted by Gasteiger charge is 2.18. The number of pyridine rings is 1. The van der Waals surface area contributed by atoms with Crippen LogP contribution in [0.1, 0.15) is 30.6 Å². The minimum atomic E-state index is -0.336. The first-order valence-electron chi connectivity index (χ1n) is 5.91. The molecule has 5 heteroatoms. The van der Waals surface area contributed by atoms with E-state index in [1.165, 1.54) is 6.20 Å². The topological polar surface area (TPSA) is 50.7 Å². The first-order chi connectivity index (χ1) is 8.83. The predicted molar refractivity (Wildman–Crippen MR) is 66.4 cm³/mol. The summed E-state index contributed by atoms with van der Waals surface area (Å²) in [4.78, 5) is 12.0. The number of hydrogen-bond donors (Lipinski definition) is 1. The van der Waals surface area contributed by atoms with E-state index in [0.717, 1.165) is 13.0 Å². The van der Waals surface area contributed by atoms with Crippen molar-refractivity contribution >= 4 is 0 Å². The fraction of sp³-hybridized carbons (Fsp3) is 0.308. The summed E-state index contributed by atoms with van der Waals surface area (Å²) < 4.78 is 13.8. The Morgan fingerprint density at radius 2 is 2.06 bits per heavy atom. The van der Waals surface area contributed by atoms with Crippen LogP contribution in [0.2, 0.25) is 0 Å². The van der Waals surface area contributed by atoms with Crippen molar-refractivity contribution in [2.45, 2.75) is 19.4 Å². The molecule has 0 aromatic carbocycles. The lowest BCUT2D eigenvalue weighted by Crippen LogP contribution is -2.25. The molecule has 0 bridgehead atoms. The van der Waals surface area contributed by atoms with Crippen LogP contribution in [0.4, 0.5) is 4.39 Å². The number of hydrogen-bond acceptors (Lipinski definition) is 4. The van der Waals surface area contributed by atoms with Crippen molar-refractivity contribution in [2.75, 3.05) is 6.54 Å². The number of halogens is 1. The predicted octanol–water partition coefficient (Wildman–Crippen LogP) is 2.10. The second-order valence-corrected chi connectivity index (χ2v) is 3.91. The van der Waals surface area contributed by atoms with Crippen molar-refractivity contribution in [3.05, 3.63) is 54.1 Å². The molecule has 0 saturated carbocycles. The first-order valence-corrected chi connectivity index (χ1v) is 5.91. The smallest absolute Gasteiger partial charge is 0.146 e. The van der Waals surface area contributed by atoms with Crippen LogP contribution in [0.25, 0.3) is 0 Å². The Kier molecular flexibility index (Phi) is 4.30. The Bertz CT molecular complexity index is 489. The maximum Gasteiger partial charge on any atom is 0.146 e. The fourth-order valence-corrected chi connectivity index (χ4v) is 1.74. The largest absolute Gasteiger partial charge is 0.305 e. The molecule has 2 heterocycles. The highest BCUT2D eigenvalue weighted by Crippen LogP contribution is 2.21. The van der Waals surface area contributed by atoms with Crippen LogP contribution < -0.4 is 5.32 Å². The van der Waals surface area contributed by atoms with Gasteiger partial charge in [0.1, 0.15) is 5.82 Å². The average molecular weight is 246 g/mol. The zero-order valence-electron chi connectivity index (χ0n) is 10.2. The molecule has 0 amide bonds. The minimum absolute atomic E-state index is 0.290. The summed E-state index contributed by atoms with van der Waals surface area (Å²) in [7, 11) is 0. The lowest BCUT2D eigenvalue weighted by Gasteiger charge is -2.18. The van der Waals surface area contributed by atoms with Crippen molar-refractivity contribution in [1.29, 1.82) is 0 Å². The van der Waals surface area contributed by atoms with Crippen LogP contribution in [0.3, 0.4) is 0 Å². The molecule has 94 valence electrons. The summed E-state index contributed by atoms with van der Waals surface area (Å²) in [6.45, 7) is 2.84. The van der Waals surface area contributed by atoms with Crippen LogP contribution in [-0.4, -0.2) is 21.5 Å². The van der Waals surface area contributed by atoms with E-state index >= 15 is 0 Å². The standard InChI is InChI=1S/C13H15FN4/c1-2-4-18-13(12-9-16-6-7-17-12)10-3-5-15-8-11(10)14/h3,5-9,13,18H,2,4H2,1H3. The van der Waals surface area contributed by atoms with Gasteiger partial charge in [-0.1, -0.05) is 6.92 Å². The Morgan fingerprint density at radius 1 is 1.22 bits per heavy atom. The Balaban J connectivity index is 2.34. The number of nitrogens with one attached hydrogen (secondary N) is 1. The highest BCUT2D eigenvalue weighted by molar-refractivity contribution is 5.25. The summed E-state index contributed by atoms with van der Waals surface area (Å²) in [5, 5.41) is 3.27. The maximum atomic E-state index is 13.8. The highest BCUT2D eigenvalue weighted by atomic mass is 19.1. The van der Waals surface area contributed by atoms with Gasteiger partial charge >= 0.3 is 0 Å². The van der Waals surface area contributed by atoms with Crippen LogP contribution in [0, 0.1) is 5.82 Å². The van der Waals surface area contributed by atoms with E-state index in [0.29, 0.717) is 11.3 Å². The van der Waals surface area contributed by atoms with Crippen molar-refractivity contribution in [1.82, 2.24) is 20.3 Å². The molecule has 1 unspecified atom stereocenters. The lowest BCUT2D eigenvalue weighted by atomic mass is 10.0. The van der Waals surface area contributed by atoms with Gasteiger partial charge in [-0.3, -0.25) is 15.0 Å². The van der Waals surface area contributed by atoms with Gasteiger partial charge in [0, 0.05) is 24.2 Å². The summed E-state index contributed by atoms with van der Waals surface area (Å²) in [5.41, 5.74) is 1.25. The quantitative estimate of drug-likeness (QED) is 0.877. The minimum Gasteiger partial charge on any atom is -0.305 e. The third kappa shape index (κ3) is 2.87. The molecule has 4 nitrogen and oxygen atoms in total. The molecule has 1 N–H and O–H groups in total. The number of aromatic nitrogens is 3. The zero-order valence-corrected chi connectivity index (χ0v) is 10.2. The van der Waals surface area contributed by atoms with Gasteiger partial charge in [0.25, 0.3) is 0 Å². The molecular formula is C13H15FN4. The van der Waals surface area contributed by atoms with Crippen molar-refractivity contribution < 1.29 is 4.39 Å². The van der Waals surface area contributed by atoms with E-state index in [2.05, 4.69) is 27.2 Å². The molecule has 2 aromatic rings. The molecule has 1 atom stereocenters. The third-order valence-corrected chi connectivity index (χ3v) is 2.59. The monoisotopic (exact) mass is 246 g/mol. The Labute approximate surface area is 105 Å². The molecule has 0 spiro atoms. The molecule has 0 aliphatic rings. The molecular weight excluding hydrogens is 231 g/mol. The molecule has 2 rings (SSSR count). The van der Waals surface area contributed by atoms with E-state index in [-0.39, 0.29) is 11.9 Å². The summed E-state index contributed by atoms with van der Waals surface area (Å²) >= 11 is 0.